The number of anilines is 2. The molecule has 2 amide bonds. The normalized spacial score (nSPS) is 10.5. The highest BCUT2D eigenvalue weighted by Gasteiger charge is 2.13. The molecule has 3 rings (SSSR count). The molecule has 0 radical (unpaired) electrons. The Bertz CT molecular complexity index is 1050. The molecule has 2 N–H and O–H groups in total. The van der Waals surface area contributed by atoms with Crippen LogP contribution in [0.1, 0.15) is 17.8 Å². The maximum atomic E-state index is 12.2. The highest BCUT2D eigenvalue weighted by atomic mass is 32.2. The van der Waals surface area contributed by atoms with Gasteiger partial charge in [0.05, 0.1) is 12.9 Å². The van der Waals surface area contributed by atoms with Crippen LogP contribution in [0.3, 0.4) is 0 Å². The molecule has 1 aromatic heterocycles. The zero-order valence-electron chi connectivity index (χ0n) is 17.7. The number of aryl methyl sites for hydroxylation is 2. The van der Waals surface area contributed by atoms with E-state index in [9.17, 15) is 9.59 Å². The van der Waals surface area contributed by atoms with Gasteiger partial charge in [-0.1, -0.05) is 35.5 Å². The SMILES string of the molecule is COc1cccc(NC(=O)CSc2nnc(CCC(=O)Nc3ccc(C)cc3)n2C)c1. The van der Waals surface area contributed by atoms with Crippen LogP contribution in [0, 0.1) is 6.92 Å². The Morgan fingerprint density at radius 3 is 2.52 bits per heavy atom. The molecular weight excluding hydrogens is 414 g/mol. The number of ether oxygens (including phenoxy) is 1. The lowest BCUT2D eigenvalue weighted by molar-refractivity contribution is -0.116. The molecule has 2 aromatic carbocycles. The Labute approximate surface area is 185 Å². The molecule has 0 saturated carbocycles. The van der Waals surface area contributed by atoms with Gasteiger partial charge in [0, 0.05) is 37.3 Å². The van der Waals surface area contributed by atoms with E-state index in [4.69, 9.17) is 4.74 Å². The first-order chi connectivity index (χ1) is 14.9. The van der Waals surface area contributed by atoms with Crippen molar-refractivity contribution in [2.75, 3.05) is 23.5 Å². The number of nitrogens with one attached hydrogen (secondary N) is 2. The Kier molecular flexibility index (Phi) is 7.66. The van der Waals surface area contributed by atoms with Crippen LogP contribution >= 0.6 is 11.8 Å². The van der Waals surface area contributed by atoms with E-state index in [1.54, 1.807) is 19.2 Å². The minimum atomic E-state index is -0.153. The Hall–Kier alpha value is -3.33. The number of rotatable bonds is 9. The van der Waals surface area contributed by atoms with E-state index in [0.29, 0.717) is 35.3 Å². The molecule has 0 spiro atoms. The molecule has 0 atom stereocenters. The van der Waals surface area contributed by atoms with Crippen LogP contribution in [0.15, 0.2) is 53.7 Å². The van der Waals surface area contributed by atoms with Gasteiger partial charge in [-0.2, -0.15) is 0 Å². The van der Waals surface area contributed by atoms with E-state index in [1.165, 1.54) is 11.8 Å². The minimum Gasteiger partial charge on any atom is -0.497 e. The molecule has 3 aromatic rings. The number of thioether (sulfide) groups is 1. The number of benzene rings is 2. The predicted octanol–water partition coefficient (Wildman–Crippen LogP) is 3.43. The molecule has 9 heteroatoms. The van der Waals surface area contributed by atoms with Gasteiger partial charge in [0.1, 0.15) is 11.6 Å². The number of carbonyl (C=O) groups is 2. The number of carbonyl (C=O) groups excluding carboxylic acids is 2. The van der Waals surface area contributed by atoms with Crippen LogP contribution in [-0.4, -0.2) is 39.4 Å². The summed E-state index contributed by atoms with van der Waals surface area (Å²) in [6, 6.07) is 14.8. The highest BCUT2D eigenvalue weighted by molar-refractivity contribution is 7.99. The summed E-state index contributed by atoms with van der Waals surface area (Å²) in [6.45, 7) is 2.00. The van der Waals surface area contributed by atoms with Gasteiger partial charge in [-0.15, -0.1) is 10.2 Å². The molecule has 0 fully saturated rings. The summed E-state index contributed by atoms with van der Waals surface area (Å²) in [6.07, 6.45) is 0.749. The molecule has 0 aliphatic heterocycles. The van der Waals surface area contributed by atoms with Gasteiger partial charge in [-0.05, 0) is 31.2 Å². The Morgan fingerprint density at radius 1 is 1.03 bits per heavy atom. The molecule has 31 heavy (non-hydrogen) atoms. The van der Waals surface area contributed by atoms with Crippen molar-refractivity contribution in [3.05, 3.63) is 59.9 Å². The maximum Gasteiger partial charge on any atom is 0.234 e. The largest absolute Gasteiger partial charge is 0.497 e. The maximum absolute atomic E-state index is 12.2. The molecule has 162 valence electrons. The van der Waals surface area contributed by atoms with E-state index in [0.717, 1.165) is 11.3 Å². The Morgan fingerprint density at radius 2 is 1.77 bits per heavy atom. The summed E-state index contributed by atoms with van der Waals surface area (Å²) in [5.41, 5.74) is 2.58. The summed E-state index contributed by atoms with van der Waals surface area (Å²) in [5, 5.41) is 14.6. The Balaban J connectivity index is 1.47. The van der Waals surface area contributed by atoms with Gasteiger partial charge in [-0.25, -0.2) is 0 Å². The van der Waals surface area contributed by atoms with E-state index in [-0.39, 0.29) is 17.6 Å². The average Bonchev–Trinajstić information content (AvgIpc) is 3.12. The van der Waals surface area contributed by atoms with Crippen molar-refractivity contribution in [1.82, 2.24) is 14.8 Å². The number of hydrogen-bond donors (Lipinski definition) is 2. The van der Waals surface area contributed by atoms with Gasteiger partial charge in [0.15, 0.2) is 5.16 Å². The van der Waals surface area contributed by atoms with E-state index in [2.05, 4.69) is 20.8 Å². The second-order valence-electron chi connectivity index (χ2n) is 6.94. The van der Waals surface area contributed by atoms with Crippen molar-refractivity contribution in [1.29, 1.82) is 0 Å². The summed E-state index contributed by atoms with van der Waals surface area (Å²) >= 11 is 1.29. The lowest BCUT2D eigenvalue weighted by Gasteiger charge is -2.07. The van der Waals surface area contributed by atoms with Crippen LogP contribution in [0.5, 0.6) is 5.75 Å². The zero-order valence-corrected chi connectivity index (χ0v) is 18.5. The number of hydrogen-bond acceptors (Lipinski definition) is 6. The van der Waals surface area contributed by atoms with E-state index < -0.39 is 0 Å². The zero-order chi connectivity index (χ0) is 22.2. The first-order valence-electron chi connectivity index (χ1n) is 9.76. The molecule has 0 saturated heterocycles. The minimum absolute atomic E-state index is 0.0845. The van der Waals surface area contributed by atoms with Gasteiger partial charge >= 0.3 is 0 Å². The standard InChI is InChI=1S/C22H25N5O3S/c1-15-7-9-16(10-8-15)23-20(28)12-11-19-25-26-22(27(19)2)31-14-21(29)24-17-5-4-6-18(13-17)30-3/h4-10,13H,11-12,14H2,1-3H3,(H,23,28)(H,24,29). The van der Waals surface area contributed by atoms with Gasteiger partial charge < -0.3 is 19.9 Å². The number of aromatic nitrogens is 3. The van der Waals surface area contributed by atoms with E-state index in [1.807, 2.05) is 54.9 Å². The summed E-state index contributed by atoms with van der Waals surface area (Å²) in [7, 11) is 3.41. The van der Waals surface area contributed by atoms with Crippen LogP contribution < -0.4 is 15.4 Å². The third-order valence-corrected chi connectivity index (χ3v) is 5.54. The van der Waals surface area contributed by atoms with Crippen LogP contribution in [-0.2, 0) is 23.1 Å². The van der Waals surface area contributed by atoms with Crippen molar-refractivity contribution in [2.45, 2.75) is 24.9 Å². The van der Waals surface area contributed by atoms with Crippen LogP contribution in [0.25, 0.3) is 0 Å². The first-order valence-corrected chi connectivity index (χ1v) is 10.7. The van der Waals surface area contributed by atoms with E-state index >= 15 is 0 Å². The summed E-state index contributed by atoms with van der Waals surface area (Å²) in [5.74, 6) is 1.32. The molecule has 1 heterocycles. The van der Waals surface area contributed by atoms with Gasteiger partial charge in [0.2, 0.25) is 11.8 Å². The number of methoxy groups -OCH3 is 1. The van der Waals surface area contributed by atoms with Crippen LogP contribution in [0.2, 0.25) is 0 Å². The van der Waals surface area contributed by atoms with Crippen molar-refractivity contribution in [3.63, 3.8) is 0 Å². The second kappa shape index (κ2) is 10.6. The van der Waals surface area contributed by atoms with Crippen molar-refractivity contribution < 1.29 is 14.3 Å². The lowest BCUT2D eigenvalue weighted by Crippen LogP contribution is -2.15. The molecule has 0 aliphatic rings. The molecule has 0 unspecified atom stereocenters. The topological polar surface area (TPSA) is 98.1 Å². The third kappa shape index (κ3) is 6.58. The fraction of sp³-hybridized carbons (Fsp3) is 0.273. The van der Waals surface area contributed by atoms with Gasteiger partial charge in [0.25, 0.3) is 0 Å². The monoisotopic (exact) mass is 439 g/mol. The number of nitrogens with zero attached hydrogens (tertiary/aromatic N) is 3. The quantitative estimate of drug-likeness (QED) is 0.496. The lowest BCUT2D eigenvalue weighted by atomic mass is 10.2. The summed E-state index contributed by atoms with van der Waals surface area (Å²) in [4.78, 5) is 24.4. The molecule has 8 nitrogen and oxygen atoms in total. The molecular formula is C22H25N5O3S. The molecule has 0 bridgehead atoms. The fourth-order valence-corrected chi connectivity index (χ4v) is 3.53. The molecule has 0 aliphatic carbocycles. The summed E-state index contributed by atoms with van der Waals surface area (Å²) < 4.78 is 6.96. The fourth-order valence-electron chi connectivity index (χ4n) is 2.80. The van der Waals surface area contributed by atoms with Crippen molar-refractivity contribution in [3.8, 4) is 5.75 Å². The number of amides is 2. The average molecular weight is 440 g/mol. The third-order valence-electron chi connectivity index (χ3n) is 4.52. The smallest absolute Gasteiger partial charge is 0.234 e. The van der Waals surface area contributed by atoms with Gasteiger partial charge in [-0.3, -0.25) is 9.59 Å². The predicted molar refractivity (Wildman–Crippen MR) is 121 cm³/mol. The van der Waals surface area contributed by atoms with Crippen LogP contribution in [0.4, 0.5) is 11.4 Å². The van der Waals surface area contributed by atoms with Crippen molar-refractivity contribution >= 4 is 35.0 Å². The first kappa shape index (κ1) is 22.4. The van der Waals surface area contributed by atoms with Crippen molar-refractivity contribution in [2.24, 2.45) is 7.05 Å². The second-order valence-corrected chi connectivity index (χ2v) is 7.88. The highest BCUT2D eigenvalue weighted by Crippen LogP contribution is 2.19.